The van der Waals surface area contributed by atoms with Gasteiger partial charge in [0, 0.05) is 38.1 Å². The third-order valence-electron chi connectivity index (χ3n) is 4.17. The van der Waals surface area contributed by atoms with Gasteiger partial charge in [-0.15, -0.1) is 11.3 Å². The predicted molar refractivity (Wildman–Crippen MR) is 113 cm³/mol. The van der Waals surface area contributed by atoms with Gasteiger partial charge in [-0.05, 0) is 36.2 Å². The molecule has 2 rings (SSSR count). The number of benzene rings is 1. The Balaban J connectivity index is 1.86. The molecule has 0 saturated heterocycles. The minimum atomic E-state index is -3.40. The van der Waals surface area contributed by atoms with E-state index in [-0.39, 0.29) is 5.82 Å². The highest BCUT2D eigenvalue weighted by Gasteiger charge is 2.23. The van der Waals surface area contributed by atoms with Crippen LogP contribution in [-0.2, 0) is 23.0 Å². The number of halogens is 1. The molecule has 1 heterocycles. The van der Waals surface area contributed by atoms with Gasteiger partial charge in [0.15, 0.2) is 5.96 Å². The third-order valence-corrected chi connectivity index (χ3v) is 7.84. The second-order valence-electron chi connectivity index (χ2n) is 6.04. The van der Waals surface area contributed by atoms with Gasteiger partial charge in [-0.3, -0.25) is 4.99 Å². The Morgan fingerprint density at radius 2 is 1.93 bits per heavy atom. The lowest BCUT2D eigenvalue weighted by Gasteiger charge is -2.16. The number of nitrogens with one attached hydrogen (secondary N) is 2. The fourth-order valence-corrected chi connectivity index (χ4v) is 5.65. The van der Waals surface area contributed by atoms with Crippen molar-refractivity contribution in [3.05, 3.63) is 52.7 Å². The van der Waals surface area contributed by atoms with Crippen LogP contribution in [0.1, 0.15) is 24.3 Å². The van der Waals surface area contributed by atoms with E-state index in [2.05, 4.69) is 15.6 Å². The van der Waals surface area contributed by atoms with E-state index in [1.165, 1.54) is 27.8 Å². The summed E-state index contributed by atoms with van der Waals surface area (Å²) < 4.78 is 40.1. The third kappa shape index (κ3) is 6.02. The zero-order valence-corrected chi connectivity index (χ0v) is 18.0. The van der Waals surface area contributed by atoms with Crippen LogP contribution in [0, 0.1) is 5.82 Å². The second-order valence-corrected chi connectivity index (χ2v) is 9.38. The van der Waals surface area contributed by atoms with E-state index in [1.807, 2.05) is 26.0 Å². The smallest absolute Gasteiger partial charge is 0.252 e. The number of nitrogens with zero attached hydrogens (tertiary/aromatic N) is 2. The molecule has 0 atom stereocenters. The van der Waals surface area contributed by atoms with Crippen LogP contribution in [0.25, 0.3) is 0 Å². The minimum Gasteiger partial charge on any atom is -0.356 e. The lowest BCUT2D eigenvalue weighted by molar-refractivity contribution is 0.447. The predicted octanol–water partition coefficient (Wildman–Crippen LogP) is 2.83. The Morgan fingerprint density at radius 3 is 2.57 bits per heavy atom. The molecule has 0 spiro atoms. The standard InChI is InChI=1S/C19H27FN4O2S2/c1-4-24(5-2)28(25,26)18-10-9-17(27-18)11-12-22-19(21-3)23-14-15-7-6-8-16(20)13-15/h6-10,13H,4-5,11-12,14H2,1-3H3,(H2,21,22,23). The van der Waals surface area contributed by atoms with E-state index in [1.54, 1.807) is 19.2 Å². The summed E-state index contributed by atoms with van der Waals surface area (Å²) in [6.45, 7) is 5.66. The normalized spacial score (nSPS) is 12.4. The number of sulfonamides is 1. The maximum absolute atomic E-state index is 13.2. The van der Waals surface area contributed by atoms with E-state index in [0.717, 1.165) is 10.4 Å². The van der Waals surface area contributed by atoms with Crippen molar-refractivity contribution >= 4 is 27.3 Å². The minimum absolute atomic E-state index is 0.268. The molecule has 0 radical (unpaired) electrons. The first-order valence-electron chi connectivity index (χ1n) is 9.18. The fraction of sp³-hybridized carbons (Fsp3) is 0.421. The summed E-state index contributed by atoms with van der Waals surface area (Å²) in [5.41, 5.74) is 0.826. The largest absolute Gasteiger partial charge is 0.356 e. The summed E-state index contributed by atoms with van der Waals surface area (Å²) in [7, 11) is -1.74. The van der Waals surface area contributed by atoms with Crippen LogP contribution in [0.5, 0.6) is 0 Å². The number of thiophene rings is 1. The molecule has 0 bridgehead atoms. The SMILES string of the molecule is CCN(CC)S(=O)(=O)c1ccc(CCNC(=NC)NCc2cccc(F)c2)s1. The van der Waals surface area contributed by atoms with E-state index >= 15 is 0 Å². The summed E-state index contributed by atoms with van der Waals surface area (Å²) >= 11 is 1.30. The number of aliphatic imine (C=N–C) groups is 1. The van der Waals surface area contributed by atoms with E-state index in [0.29, 0.717) is 42.8 Å². The molecule has 2 aromatic rings. The number of hydrogen-bond acceptors (Lipinski definition) is 4. The maximum atomic E-state index is 13.2. The van der Waals surface area contributed by atoms with Crippen molar-refractivity contribution in [3.63, 3.8) is 0 Å². The lowest BCUT2D eigenvalue weighted by Crippen LogP contribution is -2.37. The molecule has 0 unspecified atom stereocenters. The summed E-state index contributed by atoms with van der Waals surface area (Å²) in [4.78, 5) is 5.13. The van der Waals surface area contributed by atoms with Crippen LogP contribution in [0.4, 0.5) is 4.39 Å². The Morgan fingerprint density at radius 1 is 1.18 bits per heavy atom. The highest BCUT2D eigenvalue weighted by molar-refractivity contribution is 7.91. The summed E-state index contributed by atoms with van der Waals surface area (Å²) in [5, 5.41) is 6.32. The molecule has 1 aromatic heterocycles. The van der Waals surface area contributed by atoms with E-state index in [9.17, 15) is 12.8 Å². The average Bonchev–Trinajstić information content (AvgIpc) is 3.15. The van der Waals surface area contributed by atoms with Crippen molar-refractivity contribution in [2.75, 3.05) is 26.7 Å². The molecule has 6 nitrogen and oxygen atoms in total. The molecular weight excluding hydrogens is 399 g/mol. The van der Waals surface area contributed by atoms with Gasteiger partial charge in [-0.2, -0.15) is 4.31 Å². The van der Waals surface area contributed by atoms with Gasteiger partial charge in [0.2, 0.25) is 0 Å². The quantitative estimate of drug-likeness (QED) is 0.478. The van der Waals surface area contributed by atoms with Gasteiger partial charge < -0.3 is 10.6 Å². The Kier molecular flexibility index (Phi) is 8.40. The average molecular weight is 427 g/mol. The van der Waals surface area contributed by atoms with Gasteiger partial charge >= 0.3 is 0 Å². The molecule has 9 heteroatoms. The highest BCUT2D eigenvalue weighted by Crippen LogP contribution is 2.25. The summed E-state index contributed by atoms with van der Waals surface area (Å²) in [5.74, 6) is 0.340. The second kappa shape index (κ2) is 10.5. The zero-order valence-electron chi connectivity index (χ0n) is 16.4. The Labute approximate surface area is 170 Å². The van der Waals surface area contributed by atoms with Gasteiger partial charge in [0.1, 0.15) is 10.0 Å². The van der Waals surface area contributed by atoms with Crippen LogP contribution in [-0.4, -0.2) is 45.4 Å². The highest BCUT2D eigenvalue weighted by atomic mass is 32.2. The van der Waals surface area contributed by atoms with Crippen LogP contribution < -0.4 is 10.6 Å². The zero-order chi connectivity index (χ0) is 20.6. The van der Waals surface area contributed by atoms with Crippen LogP contribution in [0.15, 0.2) is 45.6 Å². The molecule has 0 amide bonds. The molecule has 0 aliphatic carbocycles. The van der Waals surface area contributed by atoms with Crippen molar-refractivity contribution in [3.8, 4) is 0 Å². The first-order valence-corrected chi connectivity index (χ1v) is 11.4. The number of guanidine groups is 1. The summed E-state index contributed by atoms with van der Waals surface area (Å²) in [6.07, 6.45) is 0.680. The van der Waals surface area contributed by atoms with Crippen molar-refractivity contribution in [2.45, 2.75) is 31.0 Å². The van der Waals surface area contributed by atoms with E-state index in [4.69, 9.17) is 0 Å². The number of rotatable bonds is 9. The molecular formula is C19H27FN4O2S2. The molecule has 154 valence electrons. The van der Waals surface area contributed by atoms with Crippen molar-refractivity contribution in [1.29, 1.82) is 0 Å². The van der Waals surface area contributed by atoms with Gasteiger partial charge in [-0.1, -0.05) is 26.0 Å². The molecule has 0 aliphatic rings. The first kappa shape index (κ1) is 22.3. The van der Waals surface area contributed by atoms with Crippen LogP contribution >= 0.6 is 11.3 Å². The van der Waals surface area contributed by atoms with Crippen molar-refractivity contribution in [2.24, 2.45) is 4.99 Å². The fourth-order valence-electron chi connectivity index (χ4n) is 2.68. The van der Waals surface area contributed by atoms with Crippen LogP contribution in [0.3, 0.4) is 0 Å². The van der Waals surface area contributed by atoms with Crippen molar-refractivity contribution < 1.29 is 12.8 Å². The molecule has 1 aromatic carbocycles. The summed E-state index contributed by atoms with van der Waals surface area (Å²) in [6, 6.07) is 9.92. The Bertz CT molecular complexity index is 893. The monoisotopic (exact) mass is 426 g/mol. The van der Waals surface area contributed by atoms with Gasteiger partial charge in [-0.25, -0.2) is 12.8 Å². The molecule has 28 heavy (non-hydrogen) atoms. The topological polar surface area (TPSA) is 73.8 Å². The Hall–Kier alpha value is -1.97. The molecule has 0 fully saturated rings. The van der Waals surface area contributed by atoms with Gasteiger partial charge in [0.05, 0.1) is 0 Å². The molecule has 0 aliphatic heterocycles. The molecule has 2 N–H and O–H groups in total. The van der Waals surface area contributed by atoms with E-state index < -0.39 is 10.0 Å². The number of hydrogen-bond donors (Lipinski definition) is 2. The van der Waals surface area contributed by atoms with Crippen molar-refractivity contribution in [1.82, 2.24) is 14.9 Å². The first-order chi connectivity index (χ1) is 13.4. The lowest BCUT2D eigenvalue weighted by atomic mass is 10.2. The molecule has 0 saturated carbocycles. The maximum Gasteiger partial charge on any atom is 0.252 e. The van der Waals surface area contributed by atoms with Gasteiger partial charge in [0.25, 0.3) is 10.0 Å². The van der Waals surface area contributed by atoms with Crippen LogP contribution in [0.2, 0.25) is 0 Å².